The van der Waals surface area contributed by atoms with Crippen molar-refractivity contribution >= 4 is 39.0 Å². The van der Waals surface area contributed by atoms with E-state index >= 15 is 0 Å². The Morgan fingerprint density at radius 2 is 1.83 bits per heavy atom. The molecule has 2 N–H and O–H groups in total. The lowest BCUT2D eigenvalue weighted by Crippen LogP contribution is -2.15. The summed E-state index contributed by atoms with van der Waals surface area (Å²) >= 11 is 1.39. The minimum absolute atomic E-state index is 0.108. The fourth-order valence-electron chi connectivity index (χ4n) is 2.57. The van der Waals surface area contributed by atoms with Gasteiger partial charge in [0.25, 0.3) is 5.91 Å². The van der Waals surface area contributed by atoms with E-state index in [9.17, 15) is 14.7 Å². The fourth-order valence-corrected chi connectivity index (χ4v) is 3.53. The predicted molar refractivity (Wildman–Crippen MR) is 92.7 cm³/mol. The molecule has 0 aliphatic heterocycles. The van der Waals surface area contributed by atoms with Crippen molar-refractivity contribution in [1.82, 2.24) is 0 Å². The molecular formula is C18H15NO3S. The summed E-state index contributed by atoms with van der Waals surface area (Å²) in [7, 11) is 0. The maximum atomic E-state index is 12.5. The fraction of sp³-hybridized carbons (Fsp3) is 0.111. The molecule has 5 heteroatoms. The SMILES string of the molecule is Cc1cc(C)c(NC(=O)c2cc3ccccc3s2)c(C(=O)O)c1. The van der Waals surface area contributed by atoms with Gasteiger partial charge in [-0.25, -0.2) is 4.79 Å². The molecule has 0 saturated carbocycles. The summed E-state index contributed by atoms with van der Waals surface area (Å²) in [6, 6.07) is 13.0. The van der Waals surface area contributed by atoms with Crippen LogP contribution in [0.15, 0.2) is 42.5 Å². The number of carboxylic acid groups (broad SMARTS) is 1. The van der Waals surface area contributed by atoms with Gasteiger partial charge in [-0.1, -0.05) is 24.3 Å². The van der Waals surface area contributed by atoms with Crippen LogP contribution in [0, 0.1) is 13.8 Å². The number of aryl methyl sites for hydroxylation is 2. The Hall–Kier alpha value is -2.66. The summed E-state index contributed by atoms with van der Waals surface area (Å²) in [5.41, 5.74) is 2.04. The molecule has 0 radical (unpaired) electrons. The molecule has 0 unspecified atom stereocenters. The molecule has 0 atom stereocenters. The van der Waals surface area contributed by atoms with Crippen LogP contribution in [0.3, 0.4) is 0 Å². The van der Waals surface area contributed by atoms with E-state index < -0.39 is 5.97 Å². The van der Waals surface area contributed by atoms with Crippen LogP contribution in [0.1, 0.15) is 31.2 Å². The Labute approximate surface area is 137 Å². The Balaban J connectivity index is 1.98. The van der Waals surface area contributed by atoms with E-state index in [-0.39, 0.29) is 11.5 Å². The molecule has 4 nitrogen and oxygen atoms in total. The Morgan fingerprint density at radius 1 is 1.09 bits per heavy atom. The van der Waals surface area contributed by atoms with Gasteiger partial charge in [0.1, 0.15) is 0 Å². The topological polar surface area (TPSA) is 66.4 Å². The average Bonchev–Trinajstić information content (AvgIpc) is 2.93. The number of nitrogens with one attached hydrogen (secondary N) is 1. The largest absolute Gasteiger partial charge is 0.478 e. The Morgan fingerprint density at radius 3 is 2.52 bits per heavy atom. The summed E-state index contributed by atoms with van der Waals surface area (Å²) in [5.74, 6) is -1.34. The summed E-state index contributed by atoms with van der Waals surface area (Å²) in [6.07, 6.45) is 0. The number of rotatable bonds is 3. The third-order valence-electron chi connectivity index (χ3n) is 3.60. The third kappa shape index (κ3) is 2.96. The number of aromatic carboxylic acids is 1. The normalized spacial score (nSPS) is 10.7. The molecule has 0 aliphatic carbocycles. The first-order chi connectivity index (χ1) is 11.0. The van der Waals surface area contributed by atoms with Crippen molar-refractivity contribution in [2.45, 2.75) is 13.8 Å². The smallest absolute Gasteiger partial charge is 0.337 e. The number of carbonyl (C=O) groups excluding carboxylic acids is 1. The molecule has 0 bridgehead atoms. The number of thiophene rings is 1. The van der Waals surface area contributed by atoms with Crippen LogP contribution in [0.25, 0.3) is 10.1 Å². The predicted octanol–water partition coefficient (Wildman–Crippen LogP) is 4.47. The van der Waals surface area contributed by atoms with Crippen molar-refractivity contribution in [3.8, 4) is 0 Å². The zero-order chi connectivity index (χ0) is 16.6. The number of carboxylic acids is 1. The highest BCUT2D eigenvalue weighted by atomic mass is 32.1. The van der Waals surface area contributed by atoms with Crippen molar-refractivity contribution in [3.63, 3.8) is 0 Å². The monoisotopic (exact) mass is 325 g/mol. The zero-order valence-electron chi connectivity index (χ0n) is 12.7. The molecule has 3 aromatic rings. The van der Waals surface area contributed by atoms with E-state index in [0.29, 0.717) is 10.6 Å². The van der Waals surface area contributed by atoms with Crippen LogP contribution in [0.5, 0.6) is 0 Å². The molecule has 116 valence electrons. The number of anilines is 1. The van der Waals surface area contributed by atoms with Crippen LogP contribution >= 0.6 is 11.3 Å². The van der Waals surface area contributed by atoms with Gasteiger partial charge in [0.15, 0.2) is 0 Å². The van der Waals surface area contributed by atoms with Crippen molar-refractivity contribution in [2.24, 2.45) is 0 Å². The molecule has 0 aliphatic rings. The average molecular weight is 325 g/mol. The summed E-state index contributed by atoms with van der Waals surface area (Å²) in [5, 5.41) is 13.1. The maximum Gasteiger partial charge on any atom is 0.337 e. The number of carbonyl (C=O) groups is 2. The molecule has 1 heterocycles. The lowest BCUT2D eigenvalue weighted by atomic mass is 10.0. The molecule has 1 amide bonds. The Bertz CT molecular complexity index is 894. The van der Waals surface area contributed by atoms with Gasteiger partial charge in [-0.3, -0.25) is 4.79 Å². The molecule has 0 fully saturated rings. The summed E-state index contributed by atoms with van der Waals surface area (Å²) in [4.78, 5) is 24.5. The van der Waals surface area contributed by atoms with Crippen molar-refractivity contribution in [3.05, 3.63) is 64.0 Å². The lowest BCUT2D eigenvalue weighted by Gasteiger charge is -2.12. The van der Waals surface area contributed by atoms with Gasteiger partial charge in [-0.15, -0.1) is 11.3 Å². The second kappa shape index (κ2) is 5.85. The second-order valence-electron chi connectivity index (χ2n) is 5.41. The van der Waals surface area contributed by atoms with Crippen molar-refractivity contribution in [2.75, 3.05) is 5.32 Å². The highest BCUT2D eigenvalue weighted by molar-refractivity contribution is 7.20. The van der Waals surface area contributed by atoms with Gasteiger partial charge in [0.2, 0.25) is 0 Å². The third-order valence-corrected chi connectivity index (χ3v) is 4.71. The Kier molecular flexibility index (Phi) is 3.88. The summed E-state index contributed by atoms with van der Waals surface area (Å²) < 4.78 is 1.02. The van der Waals surface area contributed by atoms with E-state index in [0.717, 1.165) is 21.2 Å². The second-order valence-corrected chi connectivity index (χ2v) is 6.50. The van der Waals surface area contributed by atoms with Gasteiger partial charge in [0, 0.05) is 4.70 Å². The number of hydrogen-bond donors (Lipinski definition) is 2. The molecule has 1 aromatic heterocycles. The first-order valence-electron chi connectivity index (χ1n) is 7.10. The summed E-state index contributed by atoms with van der Waals surface area (Å²) in [6.45, 7) is 3.62. The highest BCUT2D eigenvalue weighted by Gasteiger charge is 2.17. The zero-order valence-corrected chi connectivity index (χ0v) is 13.5. The number of fused-ring (bicyclic) bond motifs is 1. The van der Waals surface area contributed by atoms with Crippen LogP contribution in [0.4, 0.5) is 5.69 Å². The molecule has 23 heavy (non-hydrogen) atoms. The van der Waals surface area contributed by atoms with Gasteiger partial charge in [-0.05, 0) is 48.6 Å². The van der Waals surface area contributed by atoms with Gasteiger partial charge in [0.05, 0.1) is 16.1 Å². The van der Waals surface area contributed by atoms with Gasteiger partial charge < -0.3 is 10.4 Å². The quantitative estimate of drug-likeness (QED) is 0.746. The van der Waals surface area contributed by atoms with Crippen LogP contribution in [0.2, 0.25) is 0 Å². The number of amides is 1. The van der Waals surface area contributed by atoms with Gasteiger partial charge in [-0.2, -0.15) is 0 Å². The standard InChI is InChI=1S/C18H15NO3S/c1-10-7-11(2)16(13(8-10)18(21)22)19-17(20)15-9-12-5-3-4-6-14(12)23-15/h3-9H,1-2H3,(H,19,20)(H,21,22). The van der Waals surface area contributed by atoms with E-state index in [1.807, 2.05) is 43.3 Å². The van der Waals surface area contributed by atoms with Crippen molar-refractivity contribution in [1.29, 1.82) is 0 Å². The molecule has 3 rings (SSSR count). The van der Waals surface area contributed by atoms with E-state index in [1.54, 1.807) is 13.0 Å². The highest BCUT2D eigenvalue weighted by Crippen LogP contribution is 2.28. The lowest BCUT2D eigenvalue weighted by molar-refractivity contribution is 0.0698. The van der Waals surface area contributed by atoms with Gasteiger partial charge >= 0.3 is 5.97 Å². The number of hydrogen-bond acceptors (Lipinski definition) is 3. The maximum absolute atomic E-state index is 12.5. The minimum Gasteiger partial charge on any atom is -0.478 e. The number of benzene rings is 2. The minimum atomic E-state index is -1.05. The van der Waals surface area contributed by atoms with E-state index in [1.165, 1.54) is 11.3 Å². The molecule has 0 saturated heterocycles. The van der Waals surface area contributed by atoms with Crippen LogP contribution in [-0.2, 0) is 0 Å². The molecule has 0 spiro atoms. The van der Waals surface area contributed by atoms with Crippen LogP contribution < -0.4 is 5.32 Å². The first kappa shape index (κ1) is 15.2. The van der Waals surface area contributed by atoms with Crippen LogP contribution in [-0.4, -0.2) is 17.0 Å². The molecular weight excluding hydrogens is 310 g/mol. The van der Waals surface area contributed by atoms with E-state index in [4.69, 9.17) is 0 Å². The van der Waals surface area contributed by atoms with E-state index in [2.05, 4.69) is 5.32 Å². The first-order valence-corrected chi connectivity index (χ1v) is 7.92. The molecule has 2 aromatic carbocycles. The van der Waals surface area contributed by atoms with Crippen molar-refractivity contribution < 1.29 is 14.7 Å².